The van der Waals surface area contributed by atoms with E-state index in [2.05, 4.69) is 15.0 Å². The molecule has 0 fully saturated rings. The second kappa shape index (κ2) is 5.05. The summed E-state index contributed by atoms with van der Waals surface area (Å²) in [4.78, 5) is 11.1. The van der Waals surface area contributed by atoms with Gasteiger partial charge < -0.3 is 9.72 Å². The number of H-pyrrole nitrogens is 1. The standard InChI is InChI=1S/C12H13N3OS/c1-8(2)16-10-5-9(6-13-7-10)11-3-4-14-12(17)15-11/h3-8H,1-2H3,(H,14,15,17). The second-order valence-corrected chi connectivity index (χ2v) is 4.25. The molecule has 0 amide bonds. The lowest BCUT2D eigenvalue weighted by Crippen LogP contribution is -2.05. The van der Waals surface area contributed by atoms with Crippen LogP contribution >= 0.6 is 12.2 Å². The van der Waals surface area contributed by atoms with E-state index in [-0.39, 0.29) is 6.10 Å². The number of hydrogen-bond donors (Lipinski definition) is 1. The molecular formula is C12H13N3OS. The molecule has 0 saturated carbocycles. The zero-order chi connectivity index (χ0) is 12.3. The van der Waals surface area contributed by atoms with Crippen LogP contribution in [0.3, 0.4) is 0 Å². The van der Waals surface area contributed by atoms with Gasteiger partial charge in [-0.15, -0.1) is 0 Å². The minimum absolute atomic E-state index is 0.128. The van der Waals surface area contributed by atoms with Gasteiger partial charge in [-0.25, -0.2) is 4.98 Å². The first kappa shape index (κ1) is 11.7. The average Bonchev–Trinajstić information content (AvgIpc) is 2.28. The van der Waals surface area contributed by atoms with Gasteiger partial charge in [0.15, 0.2) is 4.77 Å². The van der Waals surface area contributed by atoms with E-state index in [4.69, 9.17) is 17.0 Å². The van der Waals surface area contributed by atoms with Crippen molar-refractivity contribution in [3.63, 3.8) is 0 Å². The molecule has 0 aliphatic rings. The molecule has 0 aliphatic heterocycles. The van der Waals surface area contributed by atoms with Gasteiger partial charge in [-0.2, -0.15) is 0 Å². The quantitative estimate of drug-likeness (QED) is 0.847. The van der Waals surface area contributed by atoms with E-state index >= 15 is 0 Å². The third kappa shape index (κ3) is 3.10. The van der Waals surface area contributed by atoms with Crippen LogP contribution in [-0.2, 0) is 0 Å². The Kier molecular flexibility index (Phi) is 3.49. The van der Waals surface area contributed by atoms with Crippen molar-refractivity contribution in [3.8, 4) is 17.0 Å². The number of nitrogens with zero attached hydrogens (tertiary/aromatic N) is 2. The normalized spacial score (nSPS) is 10.5. The summed E-state index contributed by atoms with van der Waals surface area (Å²) >= 11 is 4.98. The van der Waals surface area contributed by atoms with Crippen molar-refractivity contribution in [1.29, 1.82) is 0 Å². The number of ether oxygens (including phenoxy) is 1. The van der Waals surface area contributed by atoms with Crippen LogP contribution in [-0.4, -0.2) is 21.1 Å². The zero-order valence-electron chi connectivity index (χ0n) is 9.68. The number of nitrogens with one attached hydrogen (secondary N) is 1. The molecular weight excluding hydrogens is 234 g/mol. The average molecular weight is 247 g/mol. The minimum atomic E-state index is 0.128. The predicted molar refractivity (Wildman–Crippen MR) is 68.4 cm³/mol. The Morgan fingerprint density at radius 3 is 2.88 bits per heavy atom. The Morgan fingerprint density at radius 1 is 1.35 bits per heavy atom. The molecule has 17 heavy (non-hydrogen) atoms. The SMILES string of the molecule is CC(C)Oc1cncc(-c2ccnc(=S)[nH]2)c1. The van der Waals surface area contributed by atoms with Crippen LogP contribution in [0.4, 0.5) is 0 Å². The molecule has 0 unspecified atom stereocenters. The van der Waals surface area contributed by atoms with Crippen LogP contribution < -0.4 is 4.74 Å². The van der Waals surface area contributed by atoms with Crippen LogP contribution in [0.1, 0.15) is 13.8 Å². The van der Waals surface area contributed by atoms with Gasteiger partial charge >= 0.3 is 0 Å². The maximum absolute atomic E-state index is 5.59. The molecule has 0 atom stereocenters. The van der Waals surface area contributed by atoms with Crippen molar-refractivity contribution in [2.45, 2.75) is 20.0 Å². The monoisotopic (exact) mass is 247 g/mol. The predicted octanol–water partition coefficient (Wildman–Crippen LogP) is 2.99. The summed E-state index contributed by atoms with van der Waals surface area (Å²) in [6, 6.07) is 3.78. The smallest absolute Gasteiger partial charge is 0.197 e. The van der Waals surface area contributed by atoms with Gasteiger partial charge in [0.05, 0.1) is 18.0 Å². The maximum Gasteiger partial charge on any atom is 0.197 e. The third-order valence-electron chi connectivity index (χ3n) is 2.07. The van der Waals surface area contributed by atoms with E-state index in [0.717, 1.165) is 17.0 Å². The van der Waals surface area contributed by atoms with Gasteiger partial charge in [0, 0.05) is 18.0 Å². The first-order chi connectivity index (χ1) is 8.15. The molecule has 0 bridgehead atoms. The molecule has 1 N–H and O–H groups in total. The van der Waals surface area contributed by atoms with E-state index < -0.39 is 0 Å². The Labute approximate surface area is 105 Å². The van der Waals surface area contributed by atoms with Crippen LogP contribution in [0, 0.1) is 4.77 Å². The molecule has 5 heteroatoms. The number of hydrogen-bond acceptors (Lipinski definition) is 4. The van der Waals surface area contributed by atoms with E-state index in [0.29, 0.717) is 4.77 Å². The highest BCUT2D eigenvalue weighted by atomic mass is 32.1. The molecule has 2 rings (SSSR count). The second-order valence-electron chi connectivity index (χ2n) is 3.86. The van der Waals surface area contributed by atoms with E-state index in [9.17, 15) is 0 Å². The van der Waals surface area contributed by atoms with Gasteiger partial charge in [-0.3, -0.25) is 4.98 Å². The molecule has 0 radical (unpaired) electrons. The van der Waals surface area contributed by atoms with Gasteiger partial charge in [0.25, 0.3) is 0 Å². The van der Waals surface area contributed by atoms with Crippen molar-refractivity contribution in [1.82, 2.24) is 15.0 Å². The first-order valence-electron chi connectivity index (χ1n) is 5.32. The van der Waals surface area contributed by atoms with Crippen LogP contribution in [0.25, 0.3) is 11.3 Å². The van der Waals surface area contributed by atoms with Crippen molar-refractivity contribution in [2.24, 2.45) is 0 Å². The van der Waals surface area contributed by atoms with Crippen molar-refractivity contribution < 1.29 is 4.74 Å². The summed E-state index contributed by atoms with van der Waals surface area (Å²) in [7, 11) is 0. The fraction of sp³-hybridized carbons (Fsp3) is 0.250. The fourth-order valence-electron chi connectivity index (χ4n) is 1.44. The lowest BCUT2D eigenvalue weighted by Gasteiger charge is -2.10. The summed E-state index contributed by atoms with van der Waals surface area (Å²) in [5, 5.41) is 0. The molecule has 0 spiro atoms. The Balaban J connectivity index is 2.36. The molecule has 2 aromatic rings. The van der Waals surface area contributed by atoms with E-state index in [1.54, 1.807) is 18.6 Å². The highest BCUT2D eigenvalue weighted by Crippen LogP contribution is 2.20. The van der Waals surface area contributed by atoms with Crippen LogP contribution in [0.2, 0.25) is 0 Å². The lowest BCUT2D eigenvalue weighted by atomic mass is 10.2. The summed E-state index contributed by atoms with van der Waals surface area (Å²) in [6.07, 6.45) is 5.25. The van der Waals surface area contributed by atoms with Crippen LogP contribution in [0.15, 0.2) is 30.7 Å². The molecule has 4 nitrogen and oxygen atoms in total. The highest BCUT2D eigenvalue weighted by molar-refractivity contribution is 7.71. The first-order valence-corrected chi connectivity index (χ1v) is 5.73. The molecule has 2 aromatic heterocycles. The summed E-state index contributed by atoms with van der Waals surface area (Å²) in [5.41, 5.74) is 1.81. The molecule has 88 valence electrons. The minimum Gasteiger partial charge on any atom is -0.489 e. The third-order valence-corrected chi connectivity index (χ3v) is 2.28. The fourth-order valence-corrected chi connectivity index (χ4v) is 1.61. The van der Waals surface area contributed by atoms with Crippen LogP contribution in [0.5, 0.6) is 5.75 Å². The topological polar surface area (TPSA) is 50.8 Å². The largest absolute Gasteiger partial charge is 0.489 e. The van der Waals surface area contributed by atoms with Gasteiger partial charge in [0.2, 0.25) is 0 Å². The number of aromatic nitrogens is 3. The van der Waals surface area contributed by atoms with Crippen molar-refractivity contribution >= 4 is 12.2 Å². The van der Waals surface area contributed by atoms with Gasteiger partial charge in [-0.1, -0.05) is 0 Å². The molecule has 2 heterocycles. The molecule has 0 aromatic carbocycles. The van der Waals surface area contributed by atoms with Crippen molar-refractivity contribution in [3.05, 3.63) is 35.5 Å². The molecule has 0 aliphatic carbocycles. The van der Waals surface area contributed by atoms with E-state index in [1.807, 2.05) is 26.0 Å². The summed E-state index contributed by atoms with van der Waals surface area (Å²) in [6.45, 7) is 3.96. The Morgan fingerprint density at radius 2 is 2.18 bits per heavy atom. The van der Waals surface area contributed by atoms with E-state index in [1.165, 1.54) is 0 Å². The number of pyridine rings is 1. The Bertz CT molecular complexity index is 565. The number of aromatic amines is 1. The highest BCUT2D eigenvalue weighted by Gasteiger charge is 2.02. The lowest BCUT2D eigenvalue weighted by molar-refractivity contribution is 0.241. The maximum atomic E-state index is 5.59. The van der Waals surface area contributed by atoms with Gasteiger partial charge in [0.1, 0.15) is 5.75 Å². The van der Waals surface area contributed by atoms with Crippen molar-refractivity contribution in [2.75, 3.05) is 0 Å². The summed E-state index contributed by atoms with van der Waals surface area (Å²) in [5.74, 6) is 0.744. The Hall–Kier alpha value is -1.75. The summed E-state index contributed by atoms with van der Waals surface area (Å²) < 4.78 is 6.04. The number of rotatable bonds is 3. The van der Waals surface area contributed by atoms with Gasteiger partial charge in [-0.05, 0) is 38.2 Å². The molecule has 0 saturated heterocycles. The zero-order valence-corrected chi connectivity index (χ0v) is 10.5.